The molecule has 0 saturated heterocycles. The molecule has 0 N–H and O–H groups in total. The smallest absolute Gasteiger partial charge is 0.231 e. The van der Waals surface area contributed by atoms with Crippen LogP contribution in [0.4, 0.5) is 0 Å². The van der Waals surface area contributed by atoms with Crippen molar-refractivity contribution in [1.29, 1.82) is 0 Å². The van der Waals surface area contributed by atoms with Gasteiger partial charge in [-0.1, -0.05) is 22.0 Å². The zero-order valence-corrected chi connectivity index (χ0v) is 14.9. The Kier molecular flexibility index (Phi) is 4.44. The van der Waals surface area contributed by atoms with Crippen molar-refractivity contribution in [3.05, 3.63) is 43.9 Å². The SMILES string of the molecule is COc1cccc(I)c1OCc1c(Br)ccc2c1OCO2. The summed E-state index contributed by atoms with van der Waals surface area (Å²) in [4.78, 5) is 0. The second-order valence-electron chi connectivity index (χ2n) is 4.32. The van der Waals surface area contributed by atoms with Gasteiger partial charge in [-0.05, 0) is 46.9 Å². The Morgan fingerprint density at radius 3 is 2.90 bits per heavy atom. The topological polar surface area (TPSA) is 36.9 Å². The van der Waals surface area contributed by atoms with Crippen LogP contribution >= 0.6 is 38.5 Å². The Morgan fingerprint density at radius 1 is 1.24 bits per heavy atom. The molecule has 2 aromatic rings. The highest BCUT2D eigenvalue weighted by atomic mass is 127. The van der Waals surface area contributed by atoms with Crippen LogP contribution in [-0.4, -0.2) is 13.9 Å². The molecule has 0 bridgehead atoms. The van der Waals surface area contributed by atoms with Crippen LogP contribution in [0.3, 0.4) is 0 Å². The number of methoxy groups -OCH3 is 1. The highest BCUT2D eigenvalue weighted by Crippen LogP contribution is 2.41. The molecule has 110 valence electrons. The minimum absolute atomic E-state index is 0.241. The van der Waals surface area contributed by atoms with E-state index in [4.69, 9.17) is 18.9 Å². The molecule has 0 aromatic heterocycles. The van der Waals surface area contributed by atoms with Crippen molar-refractivity contribution in [2.45, 2.75) is 6.61 Å². The molecule has 0 spiro atoms. The van der Waals surface area contributed by atoms with E-state index in [1.807, 2.05) is 30.3 Å². The molecule has 6 heteroatoms. The molecule has 3 rings (SSSR count). The van der Waals surface area contributed by atoms with Crippen LogP contribution in [0.15, 0.2) is 34.8 Å². The van der Waals surface area contributed by atoms with E-state index in [9.17, 15) is 0 Å². The molecular weight excluding hydrogens is 451 g/mol. The average molecular weight is 463 g/mol. The van der Waals surface area contributed by atoms with E-state index in [2.05, 4.69) is 38.5 Å². The third-order valence-corrected chi connectivity index (χ3v) is 4.69. The Hall–Kier alpha value is -1.15. The fraction of sp³-hybridized carbons (Fsp3) is 0.200. The zero-order chi connectivity index (χ0) is 14.8. The van der Waals surface area contributed by atoms with Gasteiger partial charge in [0.05, 0.1) is 10.7 Å². The van der Waals surface area contributed by atoms with E-state index in [0.29, 0.717) is 12.4 Å². The number of hydrogen-bond donors (Lipinski definition) is 0. The van der Waals surface area contributed by atoms with E-state index in [0.717, 1.165) is 30.9 Å². The van der Waals surface area contributed by atoms with Crippen LogP contribution in [0.2, 0.25) is 0 Å². The van der Waals surface area contributed by atoms with Crippen LogP contribution in [0, 0.1) is 3.57 Å². The molecule has 0 unspecified atom stereocenters. The van der Waals surface area contributed by atoms with Crippen molar-refractivity contribution in [2.75, 3.05) is 13.9 Å². The van der Waals surface area contributed by atoms with Gasteiger partial charge in [-0.3, -0.25) is 0 Å². The van der Waals surface area contributed by atoms with Gasteiger partial charge < -0.3 is 18.9 Å². The summed E-state index contributed by atoms with van der Waals surface area (Å²) in [5, 5.41) is 0. The van der Waals surface area contributed by atoms with E-state index in [-0.39, 0.29) is 6.79 Å². The fourth-order valence-electron chi connectivity index (χ4n) is 2.07. The maximum Gasteiger partial charge on any atom is 0.231 e. The molecule has 21 heavy (non-hydrogen) atoms. The quantitative estimate of drug-likeness (QED) is 0.632. The van der Waals surface area contributed by atoms with Crippen LogP contribution < -0.4 is 18.9 Å². The molecule has 0 radical (unpaired) electrons. The van der Waals surface area contributed by atoms with Gasteiger partial charge in [-0.15, -0.1) is 0 Å². The highest BCUT2D eigenvalue weighted by molar-refractivity contribution is 14.1. The van der Waals surface area contributed by atoms with Gasteiger partial charge in [0.15, 0.2) is 23.0 Å². The maximum atomic E-state index is 5.95. The lowest BCUT2D eigenvalue weighted by atomic mass is 10.2. The second kappa shape index (κ2) is 6.31. The second-order valence-corrected chi connectivity index (χ2v) is 6.34. The maximum absolute atomic E-state index is 5.95. The first kappa shape index (κ1) is 14.8. The van der Waals surface area contributed by atoms with Gasteiger partial charge >= 0.3 is 0 Å². The van der Waals surface area contributed by atoms with E-state index >= 15 is 0 Å². The number of para-hydroxylation sites is 1. The number of halogens is 2. The standard InChI is InChI=1S/C15H12BrIO4/c1-18-12-4-2-3-11(17)15(12)19-7-9-10(16)5-6-13-14(9)21-8-20-13/h2-6H,7-8H2,1H3. The van der Waals surface area contributed by atoms with Gasteiger partial charge in [-0.2, -0.15) is 0 Å². The summed E-state index contributed by atoms with van der Waals surface area (Å²) in [6.45, 7) is 0.606. The molecule has 2 aromatic carbocycles. The fourth-order valence-corrected chi connectivity index (χ4v) is 3.13. The zero-order valence-electron chi connectivity index (χ0n) is 11.2. The van der Waals surface area contributed by atoms with E-state index in [1.165, 1.54) is 0 Å². The number of rotatable bonds is 4. The van der Waals surface area contributed by atoms with Crippen molar-refractivity contribution < 1.29 is 18.9 Å². The minimum Gasteiger partial charge on any atom is -0.493 e. The minimum atomic E-state index is 0.241. The lowest BCUT2D eigenvalue weighted by Crippen LogP contribution is -2.02. The molecular formula is C15H12BrIO4. The Morgan fingerprint density at radius 2 is 2.10 bits per heavy atom. The largest absolute Gasteiger partial charge is 0.493 e. The molecule has 1 heterocycles. The summed E-state index contributed by atoms with van der Waals surface area (Å²) in [7, 11) is 1.63. The van der Waals surface area contributed by atoms with E-state index < -0.39 is 0 Å². The number of ether oxygens (including phenoxy) is 4. The number of fused-ring (bicyclic) bond motifs is 1. The van der Waals surface area contributed by atoms with Crippen LogP contribution in [0.25, 0.3) is 0 Å². The monoisotopic (exact) mass is 462 g/mol. The summed E-state index contributed by atoms with van der Waals surface area (Å²) in [5.74, 6) is 2.91. The Balaban J connectivity index is 1.88. The third-order valence-electron chi connectivity index (χ3n) is 3.10. The number of benzene rings is 2. The first-order chi connectivity index (χ1) is 10.2. The van der Waals surface area contributed by atoms with Gasteiger partial charge in [0.25, 0.3) is 0 Å². The summed E-state index contributed by atoms with van der Waals surface area (Å²) in [5.41, 5.74) is 0.923. The molecule has 0 amide bonds. The van der Waals surface area contributed by atoms with E-state index in [1.54, 1.807) is 7.11 Å². The Bertz CT molecular complexity index is 675. The highest BCUT2D eigenvalue weighted by Gasteiger charge is 2.21. The predicted molar refractivity (Wildman–Crippen MR) is 90.3 cm³/mol. The van der Waals surface area contributed by atoms with Crippen molar-refractivity contribution in [1.82, 2.24) is 0 Å². The lowest BCUT2D eigenvalue weighted by Gasteiger charge is -2.14. The van der Waals surface area contributed by atoms with Crippen LogP contribution in [-0.2, 0) is 6.61 Å². The lowest BCUT2D eigenvalue weighted by molar-refractivity contribution is 0.171. The van der Waals surface area contributed by atoms with Crippen molar-refractivity contribution >= 4 is 38.5 Å². The molecule has 4 nitrogen and oxygen atoms in total. The predicted octanol–water partition coefficient (Wildman–Crippen LogP) is 4.37. The van der Waals surface area contributed by atoms with Crippen LogP contribution in [0.5, 0.6) is 23.0 Å². The molecule has 0 aliphatic carbocycles. The molecule has 0 fully saturated rings. The molecule has 0 atom stereocenters. The van der Waals surface area contributed by atoms with Gasteiger partial charge in [0, 0.05) is 10.0 Å². The molecule has 1 aliphatic heterocycles. The summed E-state index contributed by atoms with van der Waals surface area (Å²) < 4.78 is 24.1. The summed E-state index contributed by atoms with van der Waals surface area (Å²) in [6.07, 6.45) is 0. The van der Waals surface area contributed by atoms with Crippen molar-refractivity contribution in [3.63, 3.8) is 0 Å². The first-order valence-electron chi connectivity index (χ1n) is 6.23. The first-order valence-corrected chi connectivity index (χ1v) is 8.10. The normalized spacial score (nSPS) is 12.3. The number of hydrogen-bond acceptors (Lipinski definition) is 4. The van der Waals surface area contributed by atoms with Gasteiger partial charge in [-0.25, -0.2) is 0 Å². The van der Waals surface area contributed by atoms with Crippen LogP contribution in [0.1, 0.15) is 5.56 Å². The van der Waals surface area contributed by atoms with Crippen molar-refractivity contribution in [3.8, 4) is 23.0 Å². The van der Waals surface area contributed by atoms with Gasteiger partial charge in [0.1, 0.15) is 6.61 Å². The third kappa shape index (κ3) is 2.91. The summed E-state index contributed by atoms with van der Waals surface area (Å²) in [6, 6.07) is 9.59. The average Bonchev–Trinajstić information content (AvgIpc) is 2.96. The Labute approximate surface area is 144 Å². The molecule has 0 saturated carbocycles. The van der Waals surface area contributed by atoms with Crippen molar-refractivity contribution in [2.24, 2.45) is 0 Å². The summed E-state index contributed by atoms with van der Waals surface area (Å²) >= 11 is 5.75. The van der Waals surface area contributed by atoms with Gasteiger partial charge in [0.2, 0.25) is 6.79 Å². The molecule has 1 aliphatic rings.